The number of ether oxygens (including phenoxy) is 4. The Bertz CT molecular complexity index is 1870. The van der Waals surface area contributed by atoms with Gasteiger partial charge in [-0.2, -0.15) is 0 Å². The molecule has 0 aromatic carbocycles. The van der Waals surface area contributed by atoms with Gasteiger partial charge in [0.25, 0.3) is 0 Å². The van der Waals surface area contributed by atoms with Crippen molar-refractivity contribution >= 4 is 39.5 Å². The fourth-order valence-electron chi connectivity index (χ4n) is 11.5. The second kappa shape index (κ2) is 65.4. The molecular weight excluding hydrogens is 1250 g/mol. The Morgan fingerprint density at radius 2 is 0.505 bits per heavy atom. The van der Waals surface area contributed by atoms with Gasteiger partial charge in [0, 0.05) is 25.7 Å². The van der Waals surface area contributed by atoms with Crippen molar-refractivity contribution in [2.45, 2.75) is 401 Å². The third-order valence-electron chi connectivity index (χ3n) is 17.9. The van der Waals surface area contributed by atoms with Gasteiger partial charge in [0.1, 0.15) is 19.3 Å². The molecule has 0 heterocycles. The number of aliphatic hydroxyl groups is 1. The summed E-state index contributed by atoms with van der Waals surface area (Å²) < 4.78 is 68.4. The molecule has 19 heteroatoms. The van der Waals surface area contributed by atoms with Crippen LogP contribution >= 0.6 is 15.6 Å². The first-order chi connectivity index (χ1) is 45.6. The molecule has 0 radical (unpaired) electrons. The van der Waals surface area contributed by atoms with E-state index < -0.39 is 97.5 Å². The summed E-state index contributed by atoms with van der Waals surface area (Å²) in [6.45, 7) is 14.1. The van der Waals surface area contributed by atoms with Gasteiger partial charge in [-0.1, -0.05) is 331 Å². The normalized spacial score (nSPS) is 14.4. The van der Waals surface area contributed by atoms with E-state index in [9.17, 15) is 43.2 Å². The maximum atomic E-state index is 13.1. The maximum absolute atomic E-state index is 13.1. The molecule has 0 aromatic rings. The SMILES string of the molecule is CCC(C)CCCCCCCCCCC(=O)O[C@H](COC(=O)CCCCCCCCCCCCCCCCCCCCC(C)C)COP(=O)(O)OC[C@@H](O)COP(=O)(O)OC[C@@H](COC(=O)CCCCCCCCC(C)C)OC(=O)CCCCCCCCCCCCC(C)C. The Hall–Kier alpha value is -1.94. The molecule has 0 rings (SSSR count). The standard InChI is InChI=1S/C76H148O17P2/c1-9-69(8)55-47-39-30-26-27-33-43-51-59-76(81)93-71(62-86-73(78)56-48-40-31-24-19-17-15-13-11-10-12-14-16-18-22-28-36-44-52-66(2)3)64-90-94(82,83)88-60-70(77)61-89-95(84,85)91-65-72(63-87-74(79)57-49-41-35-34-38-46-54-68(6)7)92-75(80)58-50-42-32-25-21-20-23-29-37-45-53-67(4)5/h66-72,77H,9-65H2,1-8H3,(H,82,83)(H,84,85)/t69?,70-,71-,72-/m1/s1. The minimum absolute atomic E-state index is 0.104. The van der Waals surface area contributed by atoms with E-state index in [1.807, 2.05) is 0 Å². The van der Waals surface area contributed by atoms with Crippen LogP contribution in [0.3, 0.4) is 0 Å². The molecule has 0 saturated heterocycles. The molecule has 3 N–H and O–H groups in total. The van der Waals surface area contributed by atoms with E-state index in [2.05, 4.69) is 55.4 Å². The number of unbranched alkanes of at least 4 members (excludes halogenated alkanes) is 38. The fourth-order valence-corrected chi connectivity index (χ4v) is 13.1. The van der Waals surface area contributed by atoms with Crippen molar-refractivity contribution in [2.75, 3.05) is 39.6 Å². The van der Waals surface area contributed by atoms with Crippen LogP contribution in [0.4, 0.5) is 0 Å². The van der Waals surface area contributed by atoms with Crippen molar-refractivity contribution in [1.82, 2.24) is 0 Å². The first kappa shape index (κ1) is 93.1. The molecule has 0 amide bonds. The van der Waals surface area contributed by atoms with Crippen molar-refractivity contribution < 1.29 is 80.2 Å². The van der Waals surface area contributed by atoms with E-state index in [0.29, 0.717) is 31.6 Å². The van der Waals surface area contributed by atoms with Gasteiger partial charge in [-0.3, -0.25) is 37.3 Å². The molecule has 3 unspecified atom stereocenters. The Balaban J connectivity index is 5.17. The number of hydrogen-bond acceptors (Lipinski definition) is 15. The average Bonchev–Trinajstić information content (AvgIpc) is 1.77. The molecule has 0 aromatic heterocycles. The molecule has 0 saturated carbocycles. The van der Waals surface area contributed by atoms with E-state index in [-0.39, 0.29) is 25.7 Å². The van der Waals surface area contributed by atoms with E-state index in [1.54, 1.807) is 0 Å². The van der Waals surface area contributed by atoms with Crippen LogP contribution in [0.25, 0.3) is 0 Å². The number of hydrogen-bond donors (Lipinski definition) is 3. The highest BCUT2D eigenvalue weighted by Gasteiger charge is 2.30. The van der Waals surface area contributed by atoms with Crippen molar-refractivity contribution in [3.63, 3.8) is 0 Å². The van der Waals surface area contributed by atoms with Gasteiger partial charge in [-0.05, 0) is 49.4 Å². The molecule has 95 heavy (non-hydrogen) atoms. The zero-order valence-corrected chi connectivity index (χ0v) is 64.1. The van der Waals surface area contributed by atoms with Crippen molar-refractivity contribution in [1.29, 1.82) is 0 Å². The van der Waals surface area contributed by atoms with Crippen LogP contribution in [0.1, 0.15) is 383 Å². The molecular formula is C76H148O17P2. The molecule has 0 aliphatic carbocycles. The monoisotopic (exact) mass is 1400 g/mol. The highest BCUT2D eigenvalue weighted by Crippen LogP contribution is 2.45. The minimum Gasteiger partial charge on any atom is -0.462 e. The average molecular weight is 1400 g/mol. The second-order valence-electron chi connectivity index (χ2n) is 29.1. The van der Waals surface area contributed by atoms with E-state index >= 15 is 0 Å². The molecule has 17 nitrogen and oxygen atoms in total. The zero-order valence-electron chi connectivity index (χ0n) is 62.3. The number of rotatable bonds is 73. The van der Waals surface area contributed by atoms with Gasteiger partial charge in [0.2, 0.25) is 0 Å². The summed E-state index contributed by atoms with van der Waals surface area (Å²) in [5, 5.41) is 10.6. The number of aliphatic hydroxyl groups excluding tert-OH is 1. The third kappa shape index (κ3) is 69.0. The first-order valence-corrected chi connectivity index (χ1v) is 42.2. The van der Waals surface area contributed by atoms with Gasteiger partial charge >= 0.3 is 39.5 Å². The van der Waals surface area contributed by atoms with Crippen molar-refractivity contribution in [3.8, 4) is 0 Å². The lowest BCUT2D eigenvalue weighted by Crippen LogP contribution is -2.30. The molecule has 0 aliphatic rings. The van der Waals surface area contributed by atoms with Gasteiger partial charge in [-0.25, -0.2) is 9.13 Å². The second-order valence-corrected chi connectivity index (χ2v) is 32.0. The topological polar surface area (TPSA) is 237 Å². The number of phosphoric acid groups is 2. The van der Waals surface area contributed by atoms with Gasteiger partial charge in [0.05, 0.1) is 26.4 Å². The van der Waals surface area contributed by atoms with Gasteiger partial charge in [0.15, 0.2) is 12.2 Å². The predicted octanol–water partition coefficient (Wildman–Crippen LogP) is 22.0. The molecule has 0 aliphatic heterocycles. The van der Waals surface area contributed by atoms with Crippen LogP contribution in [-0.2, 0) is 65.4 Å². The summed E-state index contributed by atoms with van der Waals surface area (Å²) in [5.41, 5.74) is 0. The minimum atomic E-state index is -4.96. The maximum Gasteiger partial charge on any atom is 0.472 e. The van der Waals surface area contributed by atoms with Crippen LogP contribution in [-0.4, -0.2) is 96.7 Å². The zero-order chi connectivity index (χ0) is 70.3. The molecule has 0 fully saturated rings. The number of esters is 4. The summed E-state index contributed by atoms with van der Waals surface area (Å²) in [5.74, 6) is 0.899. The van der Waals surface area contributed by atoms with Crippen LogP contribution in [0.15, 0.2) is 0 Å². The van der Waals surface area contributed by atoms with E-state index in [0.717, 1.165) is 114 Å². The van der Waals surface area contributed by atoms with Crippen molar-refractivity contribution in [3.05, 3.63) is 0 Å². The predicted molar refractivity (Wildman–Crippen MR) is 386 cm³/mol. The summed E-state index contributed by atoms with van der Waals surface area (Å²) in [6.07, 6.45) is 50.2. The van der Waals surface area contributed by atoms with E-state index in [1.165, 1.54) is 180 Å². The van der Waals surface area contributed by atoms with Crippen molar-refractivity contribution in [2.24, 2.45) is 23.7 Å². The molecule has 0 spiro atoms. The molecule has 564 valence electrons. The first-order valence-electron chi connectivity index (χ1n) is 39.2. The fraction of sp³-hybridized carbons (Fsp3) is 0.947. The summed E-state index contributed by atoms with van der Waals surface area (Å²) in [6, 6.07) is 0. The quantitative estimate of drug-likeness (QED) is 0.0222. The highest BCUT2D eigenvalue weighted by molar-refractivity contribution is 7.47. The molecule has 0 bridgehead atoms. The van der Waals surface area contributed by atoms with Crippen LogP contribution in [0.5, 0.6) is 0 Å². The van der Waals surface area contributed by atoms with Crippen LogP contribution in [0, 0.1) is 23.7 Å². The van der Waals surface area contributed by atoms with Gasteiger partial charge < -0.3 is 33.8 Å². The Morgan fingerprint density at radius 1 is 0.295 bits per heavy atom. The highest BCUT2D eigenvalue weighted by atomic mass is 31.2. The summed E-state index contributed by atoms with van der Waals surface area (Å²) in [4.78, 5) is 72.7. The summed E-state index contributed by atoms with van der Waals surface area (Å²) in [7, 11) is -9.91. The van der Waals surface area contributed by atoms with Gasteiger partial charge in [-0.15, -0.1) is 0 Å². The van der Waals surface area contributed by atoms with Crippen LogP contribution in [0.2, 0.25) is 0 Å². The Labute approximate surface area is 581 Å². The number of phosphoric ester groups is 2. The number of carbonyl (C=O) groups excluding carboxylic acids is 4. The lowest BCUT2D eigenvalue weighted by atomic mass is 9.99. The van der Waals surface area contributed by atoms with Crippen LogP contribution < -0.4 is 0 Å². The number of carbonyl (C=O) groups is 4. The molecule has 6 atom stereocenters. The Kier molecular flexibility index (Phi) is 64.0. The smallest absolute Gasteiger partial charge is 0.462 e. The van der Waals surface area contributed by atoms with E-state index in [4.69, 9.17) is 37.0 Å². The summed E-state index contributed by atoms with van der Waals surface area (Å²) >= 11 is 0. The lowest BCUT2D eigenvalue weighted by molar-refractivity contribution is -0.161. The largest absolute Gasteiger partial charge is 0.472 e. The third-order valence-corrected chi connectivity index (χ3v) is 19.8. The Morgan fingerprint density at radius 3 is 0.747 bits per heavy atom. The lowest BCUT2D eigenvalue weighted by Gasteiger charge is -2.21.